The highest BCUT2D eigenvalue weighted by Crippen LogP contribution is 2.70. The molecule has 8 heterocycles. The summed E-state index contributed by atoms with van der Waals surface area (Å²) in [7, 11) is 4.63. The Kier molecular flexibility index (Phi) is 16.0. The number of quaternary nitrogens is 2. The van der Waals surface area contributed by atoms with Gasteiger partial charge in [0.2, 0.25) is 0 Å². The van der Waals surface area contributed by atoms with Crippen LogP contribution in [-0.4, -0.2) is 220 Å². The number of Topliss-reactive ketones (excluding diaryl/α,β-unsaturated/α-hetero) is 4. The third-order valence-electron chi connectivity index (χ3n) is 32.2. The topological polar surface area (TPSA) is 274 Å². The molecule has 0 radical (unpaired) electrons. The Labute approximate surface area is 639 Å². The first-order valence-corrected chi connectivity index (χ1v) is 40.0. The lowest BCUT2D eigenvalue weighted by Crippen LogP contribution is -3.00. The lowest BCUT2D eigenvalue weighted by molar-refractivity contribution is -0.950. The second kappa shape index (κ2) is 23.7. The first-order chi connectivity index (χ1) is 49.9. The molecule has 24 rings (SSSR count). The number of phenolic OH excluding ortho intramolecular Hbond substituents is 2. The number of likely N-dealkylation sites (N-methyl/N-ethyl adjacent to an activating group) is 2. The normalized spacial score (nSPS) is 42.0. The summed E-state index contributed by atoms with van der Waals surface area (Å²) >= 11 is 0. The van der Waals surface area contributed by atoms with Gasteiger partial charge in [-0.15, -0.1) is 0 Å². The molecule has 18 atom stereocenters. The van der Waals surface area contributed by atoms with E-state index in [0.717, 1.165) is 181 Å². The van der Waals surface area contributed by atoms with Crippen molar-refractivity contribution in [3.63, 3.8) is 0 Å². The number of hydrogen-bond donors (Lipinski definition) is 8. The summed E-state index contributed by atoms with van der Waals surface area (Å²) in [5.41, 5.74) is 3.86. The maximum atomic E-state index is 12.9. The zero-order valence-electron chi connectivity index (χ0n) is 61.0. The van der Waals surface area contributed by atoms with Crippen molar-refractivity contribution in [3.05, 3.63) is 104 Å². The van der Waals surface area contributed by atoms with E-state index in [4.69, 9.17) is 18.9 Å². The van der Waals surface area contributed by atoms with E-state index < -0.39 is 68.5 Å². The molecule has 568 valence electrons. The number of aromatic hydroxyl groups is 2. The van der Waals surface area contributed by atoms with E-state index in [1.54, 1.807) is 12.1 Å². The molecule has 20 nitrogen and oxygen atoms in total. The largest absolute Gasteiger partial charge is 1.00 e. The molecular formula is C84H102Br2N4O16. The highest BCUT2D eigenvalue weighted by atomic mass is 79.9. The van der Waals surface area contributed by atoms with Gasteiger partial charge in [-0.25, -0.2) is 0 Å². The third-order valence-corrected chi connectivity index (χ3v) is 32.2. The van der Waals surface area contributed by atoms with E-state index in [1.165, 1.54) is 62.5 Å². The van der Waals surface area contributed by atoms with Gasteiger partial charge >= 0.3 is 0 Å². The van der Waals surface area contributed by atoms with E-state index in [9.17, 15) is 60.0 Å². The molecule has 4 spiro atoms. The summed E-state index contributed by atoms with van der Waals surface area (Å²) in [5, 5.41) is 88.8. The van der Waals surface area contributed by atoms with Gasteiger partial charge in [-0.3, -0.25) is 29.0 Å². The van der Waals surface area contributed by atoms with Gasteiger partial charge in [0.15, 0.2) is 70.5 Å². The number of hydrogen-bond acceptors (Lipinski definition) is 18. The van der Waals surface area contributed by atoms with E-state index in [1.807, 2.05) is 24.3 Å². The fraction of sp³-hybridized carbons (Fsp3) is 0.667. The number of halogens is 2. The van der Waals surface area contributed by atoms with Crippen LogP contribution in [-0.2, 0) is 79.7 Å². The average molecular weight is 1580 g/mol. The van der Waals surface area contributed by atoms with Crippen molar-refractivity contribution in [1.82, 2.24) is 9.80 Å². The van der Waals surface area contributed by atoms with Crippen molar-refractivity contribution in [3.8, 4) is 34.5 Å². The molecule has 8 aliphatic heterocycles. The van der Waals surface area contributed by atoms with Gasteiger partial charge in [-0.05, 0) is 162 Å². The molecule has 8 bridgehead atoms. The molecule has 4 aromatic rings. The van der Waals surface area contributed by atoms with Crippen LogP contribution in [0.1, 0.15) is 184 Å². The number of carbonyl (C=O) groups is 4. The van der Waals surface area contributed by atoms with Gasteiger partial charge < -0.3 is 103 Å². The summed E-state index contributed by atoms with van der Waals surface area (Å²) in [5.74, 6) is 5.97. The van der Waals surface area contributed by atoms with Gasteiger partial charge in [-0.1, -0.05) is 36.4 Å². The predicted molar refractivity (Wildman–Crippen MR) is 376 cm³/mol. The smallest absolute Gasteiger partial charge is 0.174 e. The number of aliphatic hydroxyl groups is 6. The van der Waals surface area contributed by atoms with E-state index in [0.29, 0.717) is 74.4 Å². The van der Waals surface area contributed by atoms with Gasteiger partial charge in [0.1, 0.15) is 34.8 Å². The molecule has 8 N–H and O–H groups in total. The fourth-order valence-corrected chi connectivity index (χ4v) is 26.8. The lowest BCUT2D eigenvalue weighted by atomic mass is 9.48. The van der Waals surface area contributed by atoms with Crippen molar-refractivity contribution in [1.29, 1.82) is 0 Å². The van der Waals surface area contributed by atoms with Gasteiger partial charge in [-0.2, -0.15) is 0 Å². The number of aliphatic hydroxyl groups excluding tert-OH is 2. The molecule has 106 heavy (non-hydrogen) atoms. The molecule has 4 aromatic carbocycles. The van der Waals surface area contributed by atoms with E-state index >= 15 is 0 Å². The molecule has 20 aliphatic rings. The molecular weight excluding hydrogens is 1480 g/mol. The number of phenols is 2. The van der Waals surface area contributed by atoms with Crippen LogP contribution < -0.4 is 52.9 Å². The molecule has 0 amide bonds. The number of piperidine rings is 4. The number of nitrogens with zero attached hydrogens (tertiary/aromatic N) is 4. The van der Waals surface area contributed by atoms with E-state index in [-0.39, 0.29) is 106 Å². The number of rotatable bonds is 10. The molecule has 22 heteroatoms. The third kappa shape index (κ3) is 9.10. The molecule has 4 saturated heterocycles. The maximum absolute atomic E-state index is 12.9. The Hall–Kier alpha value is -5.08. The first kappa shape index (κ1) is 71.2. The predicted octanol–water partition coefficient (Wildman–Crippen LogP) is -0.0278. The number of likely N-dealkylation sites (tertiary alicyclic amines) is 4. The molecule has 0 aromatic heterocycles. The Morgan fingerprint density at radius 3 is 1.07 bits per heavy atom. The van der Waals surface area contributed by atoms with Gasteiger partial charge in [0, 0.05) is 122 Å². The van der Waals surface area contributed by atoms with Crippen LogP contribution in [0.15, 0.2) is 48.5 Å². The van der Waals surface area contributed by atoms with Crippen LogP contribution in [0.5, 0.6) is 34.5 Å². The van der Waals surface area contributed by atoms with Gasteiger partial charge in [0.05, 0.1) is 86.4 Å². The molecule has 12 fully saturated rings. The monoisotopic (exact) mass is 1580 g/mol. The highest BCUT2D eigenvalue weighted by molar-refractivity contribution is 5.93. The Morgan fingerprint density at radius 2 is 0.717 bits per heavy atom. The second-order valence-corrected chi connectivity index (χ2v) is 37.2. The number of benzene rings is 4. The Bertz CT molecular complexity index is 4450. The van der Waals surface area contributed by atoms with Crippen molar-refractivity contribution in [2.24, 2.45) is 23.7 Å². The summed E-state index contributed by atoms with van der Waals surface area (Å²) in [4.78, 5) is 56.2. The summed E-state index contributed by atoms with van der Waals surface area (Å²) < 4.78 is 26.4. The summed E-state index contributed by atoms with van der Waals surface area (Å²) in [6.45, 7) is 7.95. The minimum atomic E-state index is -0.940. The van der Waals surface area contributed by atoms with Crippen molar-refractivity contribution in [2.75, 3.05) is 66.5 Å². The summed E-state index contributed by atoms with van der Waals surface area (Å²) in [6, 6.07) is 15.7. The van der Waals surface area contributed by atoms with Crippen molar-refractivity contribution >= 4 is 23.1 Å². The van der Waals surface area contributed by atoms with Crippen molar-refractivity contribution < 1.29 is 122 Å². The zero-order valence-corrected chi connectivity index (χ0v) is 64.1. The van der Waals surface area contributed by atoms with Crippen LogP contribution in [0.25, 0.3) is 0 Å². The van der Waals surface area contributed by atoms with Gasteiger partial charge in [0.25, 0.3) is 0 Å². The number of carbonyl (C=O) groups excluding carboxylic acids is 4. The van der Waals surface area contributed by atoms with Crippen LogP contribution >= 0.6 is 0 Å². The first-order valence-electron chi connectivity index (χ1n) is 40.0. The Balaban J connectivity index is 0.0000000961. The minimum Gasteiger partial charge on any atom is -1.00 e. The van der Waals surface area contributed by atoms with Crippen LogP contribution in [0.2, 0.25) is 0 Å². The second-order valence-electron chi connectivity index (χ2n) is 37.2. The Morgan fingerprint density at radius 1 is 0.406 bits per heavy atom. The zero-order chi connectivity index (χ0) is 71.2. The standard InChI is InChI=1S/C22H28NO4.2C21H25NO4.C20H23NO4.2BrH/c1-23(11-13-2-3-13)9-8-21-18-14-4-5-15(12-24)19(18)27-20(21)16(25)6-7-22(21,26)17(23)10-14;1-22(11-12-2-3-12)9-8-20-17-13-4-5-14(23)18(17)26-19(20)15(24)6-7-21(20,25)16(22)10-13;23-11-14-4-3-13-9-16-21(25)6-5-15(24)19-20(21,17(13)18(14)26-19)7-8-22(16)10-12-1-2-12;22-13-4-3-12-9-15-20(24)6-5-14(23)18-19(20,16(12)17(13)25-18)7-8-21(15)10-11-1-2-11;;/h4-5,13,17,20,24,26H,2-3,6-12H2,1H3;4-5,12,16,19,25H,2-3,6-11H2,1H3;3-4,12,16,19,23,25H,1-2,5-11H2;3-4,11,15,18,22,24H,1-2,5-10H2;2*1H/q+1;;;;;/p-1. The molecule has 18 unspecified atom stereocenters. The average Bonchev–Trinajstić information content (AvgIpc) is 1.48. The number of ketones is 4. The summed E-state index contributed by atoms with van der Waals surface area (Å²) in [6.07, 6.45) is 17.8. The molecule has 12 aliphatic carbocycles. The lowest BCUT2D eigenvalue weighted by Gasteiger charge is -2.64. The number of ether oxygens (including phenoxy) is 4. The highest BCUT2D eigenvalue weighted by Gasteiger charge is 2.80. The maximum Gasteiger partial charge on any atom is 0.174 e. The quantitative estimate of drug-likeness (QED) is 0.0969. The minimum absolute atomic E-state index is 0. The van der Waals surface area contributed by atoms with Crippen LogP contribution in [0.4, 0.5) is 0 Å². The molecule has 8 saturated carbocycles. The fourth-order valence-electron chi connectivity index (χ4n) is 26.8. The SMILES string of the molecule is C[N+]1(CC2CC2)CCC23c4c5ccc(CO)c4OC2C(=O)CCC3(O)C1C5.C[N+]1(CC2CC2)CCC23c4c5ccc(O)c4OC2C(=O)CCC3(O)C1C5.O=C1CCC2(O)C3Cc4ccc(CO)c5c4C2(CCN3CC2CC2)C1O5.O=C1CCC2(O)C3Cc4ccc(O)c5c4C2(CCN3CC2CC2)C1O5.[Br-].[Br-]. The van der Waals surface area contributed by atoms with Crippen LogP contribution in [0.3, 0.4) is 0 Å². The van der Waals surface area contributed by atoms with Crippen molar-refractivity contribution in [2.45, 2.75) is 260 Å². The van der Waals surface area contributed by atoms with Crippen LogP contribution in [0, 0.1) is 23.7 Å². The van der Waals surface area contributed by atoms with E-state index in [2.05, 4.69) is 36.0 Å².